The molecule has 9 heteroatoms. The molecule has 0 atom stereocenters. The number of alkyl halides is 3. The summed E-state index contributed by atoms with van der Waals surface area (Å²) in [7, 11) is 0. The third-order valence-corrected chi connectivity index (χ3v) is 5.34. The van der Waals surface area contributed by atoms with Crippen LogP contribution in [0.25, 0.3) is 0 Å². The van der Waals surface area contributed by atoms with Crippen LogP contribution in [0.3, 0.4) is 0 Å². The van der Waals surface area contributed by atoms with Crippen molar-refractivity contribution in [1.82, 2.24) is 15.3 Å². The Morgan fingerprint density at radius 3 is 2.78 bits per heavy atom. The summed E-state index contributed by atoms with van der Waals surface area (Å²) in [5.41, 5.74) is 1.52. The Morgan fingerprint density at radius 2 is 2.07 bits per heavy atom. The van der Waals surface area contributed by atoms with Crippen LogP contribution in [0, 0.1) is 0 Å². The van der Waals surface area contributed by atoms with Crippen molar-refractivity contribution >= 4 is 17.2 Å². The van der Waals surface area contributed by atoms with Crippen molar-refractivity contribution in [3.63, 3.8) is 0 Å². The molecule has 1 aliphatic rings. The van der Waals surface area contributed by atoms with Gasteiger partial charge in [-0.25, -0.2) is 9.97 Å². The van der Waals surface area contributed by atoms with Crippen molar-refractivity contribution in [3.8, 4) is 5.88 Å². The van der Waals surface area contributed by atoms with Crippen LogP contribution in [-0.4, -0.2) is 35.2 Å². The Balaban J connectivity index is 1.40. The second-order valence-corrected chi connectivity index (χ2v) is 7.50. The van der Waals surface area contributed by atoms with Gasteiger partial charge < -0.3 is 10.1 Å². The van der Waals surface area contributed by atoms with Crippen LogP contribution < -0.4 is 10.1 Å². The summed E-state index contributed by atoms with van der Waals surface area (Å²) in [6, 6.07) is 2.64. The van der Waals surface area contributed by atoms with Crippen molar-refractivity contribution in [2.24, 2.45) is 0 Å². The molecule has 5 nitrogen and oxygen atoms in total. The molecule has 0 spiro atoms. The molecule has 27 heavy (non-hydrogen) atoms. The van der Waals surface area contributed by atoms with E-state index in [2.05, 4.69) is 20.0 Å². The van der Waals surface area contributed by atoms with Crippen LogP contribution >= 0.6 is 11.3 Å². The van der Waals surface area contributed by atoms with Gasteiger partial charge in [-0.05, 0) is 38.2 Å². The van der Waals surface area contributed by atoms with Gasteiger partial charge in [0.05, 0.1) is 16.3 Å². The van der Waals surface area contributed by atoms with E-state index in [1.165, 1.54) is 41.7 Å². The van der Waals surface area contributed by atoms with Gasteiger partial charge in [-0.1, -0.05) is 0 Å². The minimum absolute atomic E-state index is 0.170. The average Bonchev–Trinajstić information content (AvgIpc) is 3.06. The minimum atomic E-state index is -4.42. The van der Waals surface area contributed by atoms with Gasteiger partial charge in [-0.2, -0.15) is 13.2 Å². The molecule has 3 rings (SSSR count). The summed E-state index contributed by atoms with van der Waals surface area (Å²) in [4.78, 5) is 21.9. The quantitative estimate of drug-likeness (QED) is 0.721. The average molecular weight is 399 g/mol. The fourth-order valence-electron chi connectivity index (χ4n) is 2.81. The number of nitrogens with zero attached hydrogens (tertiary/aromatic N) is 2. The number of thiazole rings is 1. The molecule has 2 heterocycles. The summed E-state index contributed by atoms with van der Waals surface area (Å²) in [5, 5.41) is 3.90. The Bertz CT molecular complexity index is 752. The summed E-state index contributed by atoms with van der Waals surface area (Å²) < 4.78 is 40.8. The molecule has 0 saturated heterocycles. The number of aryl methyl sites for hydroxylation is 3. The lowest BCUT2D eigenvalue weighted by Gasteiger charge is -2.08. The standard InChI is InChI=1S/C18H20F3N3O2S/c19-18(20,21)11-26-15-8-7-12(10-23-15)17(25)22-9-3-6-16-24-13-4-1-2-5-14(13)27-16/h7-8,10H,1-6,9,11H2,(H,22,25). The second kappa shape index (κ2) is 8.69. The molecule has 0 fully saturated rings. The lowest BCUT2D eigenvalue weighted by Crippen LogP contribution is -2.25. The molecule has 1 amide bonds. The highest BCUT2D eigenvalue weighted by atomic mass is 32.1. The predicted octanol–water partition coefficient (Wildman–Crippen LogP) is 3.72. The van der Waals surface area contributed by atoms with Gasteiger partial charge in [0.2, 0.25) is 5.88 Å². The number of hydrogen-bond donors (Lipinski definition) is 1. The molecule has 1 aliphatic carbocycles. The monoisotopic (exact) mass is 399 g/mol. The molecule has 2 aromatic rings. The summed E-state index contributed by atoms with van der Waals surface area (Å²) in [6.07, 6.45) is 3.01. The maximum Gasteiger partial charge on any atom is 0.422 e. The van der Waals surface area contributed by atoms with Crippen molar-refractivity contribution in [3.05, 3.63) is 39.5 Å². The first-order valence-electron chi connectivity index (χ1n) is 8.82. The Labute approximate surface area is 159 Å². The van der Waals surface area contributed by atoms with Gasteiger partial charge in [-0.15, -0.1) is 11.3 Å². The van der Waals surface area contributed by atoms with Crippen molar-refractivity contribution in [1.29, 1.82) is 0 Å². The van der Waals surface area contributed by atoms with E-state index < -0.39 is 12.8 Å². The van der Waals surface area contributed by atoms with Crippen LogP contribution in [0.2, 0.25) is 0 Å². The number of halogens is 3. The zero-order valence-corrected chi connectivity index (χ0v) is 15.5. The first kappa shape index (κ1) is 19.6. The van der Waals surface area contributed by atoms with Crippen molar-refractivity contribution in [2.75, 3.05) is 13.2 Å². The zero-order chi connectivity index (χ0) is 19.3. The lowest BCUT2D eigenvalue weighted by molar-refractivity contribution is -0.154. The maximum absolute atomic E-state index is 12.1. The number of carbonyl (C=O) groups excluding carboxylic acids is 1. The first-order chi connectivity index (χ1) is 12.9. The molecule has 0 aliphatic heterocycles. The topological polar surface area (TPSA) is 64.1 Å². The highest BCUT2D eigenvalue weighted by molar-refractivity contribution is 7.11. The van der Waals surface area contributed by atoms with Crippen LogP contribution in [0.4, 0.5) is 13.2 Å². The van der Waals surface area contributed by atoms with Crippen LogP contribution in [0.15, 0.2) is 18.3 Å². The van der Waals surface area contributed by atoms with E-state index in [0.29, 0.717) is 6.54 Å². The highest BCUT2D eigenvalue weighted by Crippen LogP contribution is 2.27. The second-order valence-electron chi connectivity index (χ2n) is 6.33. The largest absolute Gasteiger partial charge is 0.468 e. The Kier molecular flexibility index (Phi) is 6.30. The number of pyridine rings is 1. The van der Waals surface area contributed by atoms with E-state index in [9.17, 15) is 18.0 Å². The Hall–Kier alpha value is -2.16. The van der Waals surface area contributed by atoms with Gasteiger partial charge >= 0.3 is 6.18 Å². The number of ether oxygens (including phenoxy) is 1. The molecule has 0 saturated carbocycles. The molecule has 2 aromatic heterocycles. The normalized spacial score (nSPS) is 13.9. The van der Waals surface area contributed by atoms with Crippen molar-refractivity contribution < 1.29 is 22.7 Å². The third kappa shape index (κ3) is 5.92. The summed E-state index contributed by atoms with van der Waals surface area (Å²) in [5.74, 6) is -0.486. The number of amides is 1. The number of hydrogen-bond acceptors (Lipinski definition) is 5. The van der Waals surface area contributed by atoms with Gasteiger partial charge in [0, 0.05) is 30.1 Å². The predicted molar refractivity (Wildman–Crippen MR) is 95.2 cm³/mol. The highest BCUT2D eigenvalue weighted by Gasteiger charge is 2.28. The van der Waals surface area contributed by atoms with E-state index in [0.717, 1.165) is 30.7 Å². The first-order valence-corrected chi connectivity index (χ1v) is 9.63. The Morgan fingerprint density at radius 1 is 1.26 bits per heavy atom. The van der Waals surface area contributed by atoms with E-state index >= 15 is 0 Å². The molecule has 0 aromatic carbocycles. The molecular weight excluding hydrogens is 379 g/mol. The van der Waals surface area contributed by atoms with Gasteiger partial charge in [0.15, 0.2) is 6.61 Å². The smallest absolute Gasteiger partial charge is 0.422 e. The lowest BCUT2D eigenvalue weighted by atomic mass is 10.0. The minimum Gasteiger partial charge on any atom is -0.468 e. The van der Waals surface area contributed by atoms with Gasteiger partial charge in [0.1, 0.15) is 0 Å². The number of nitrogens with one attached hydrogen (secondary N) is 1. The number of rotatable bonds is 7. The van der Waals surface area contributed by atoms with E-state index in [1.807, 2.05) is 0 Å². The molecule has 0 bridgehead atoms. The molecule has 146 valence electrons. The summed E-state index contributed by atoms with van der Waals surface area (Å²) in [6.45, 7) is -0.916. The van der Waals surface area contributed by atoms with Crippen LogP contribution in [0.1, 0.15) is 45.2 Å². The molecule has 0 radical (unpaired) electrons. The van der Waals surface area contributed by atoms with Gasteiger partial charge in [-0.3, -0.25) is 4.79 Å². The SMILES string of the molecule is O=C(NCCCc1nc2c(s1)CCCC2)c1ccc(OCC(F)(F)F)nc1. The summed E-state index contributed by atoms with van der Waals surface area (Å²) >= 11 is 1.77. The zero-order valence-electron chi connectivity index (χ0n) is 14.6. The number of fused-ring (bicyclic) bond motifs is 1. The van der Waals surface area contributed by atoms with Crippen molar-refractivity contribution in [2.45, 2.75) is 44.7 Å². The number of aromatic nitrogens is 2. The fourth-order valence-corrected chi connectivity index (χ4v) is 4.01. The molecular formula is C18H20F3N3O2S. The van der Waals surface area contributed by atoms with E-state index in [4.69, 9.17) is 0 Å². The van der Waals surface area contributed by atoms with E-state index in [-0.39, 0.29) is 17.4 Å². The van der Waals surface area contributed by atoms with Crippen LogP contribution in [0.5, 0.6) is 5.88 Å². The molecule has 1 N–H and O–H groups in total. The third-order valence-electron chi connectivity index (χ3n) is 4.13. The maximum atomic E-state index is 12.1. The number of carbonyl (C=O) groups is 1. The molecule has 0 unspecified atom stereocenters. The fraction of sp³-hybridized carbons (Fsp3) is 0.500. The van der Waals surface area contributed by atoms with Crippen LogP contribution in [-0.2, 0) is 19.3 Å². The van der Waals surface area contributed by atoms with Gasteiger partial charge in [0.25, 0.3) is 5.91 Å². The van der Waals surface area contributed by atoms with E-state index in [1.54, 1.807) is 11.3 Å².